The van der Waals surface area contributed by atoms with Crippen molar-refractivity contribution in [1.29, 1.82) is 0 Å². The van der Waals surface area contributed by atoms with Gasteiger partial charge in [0.1, 0.15) is 0 Å². The van der Waals surface area contributed by atoms with E-state index >= 15 is 0 Å². The first kappa shape index (κ1) is 19.6. The summed E-state index contributed by atoms with van der Waals surface area (Å²) in [6.07, 6.45) is 8.15. The van der Waals surface area contributed by atoms with Gasteiger partial charge in [0.05, 0.1) is 25.0 Å². The lowest BCUT2D eigenvalue weighted by Gasteiger charge is -2.05. The van der Waals surface area contributed by atoms with E-state index in [0.717, 1.165) is 29.8 Å². The highest BCUT2D eigenvalue weighted by molar-refractivity contribution is 6.30. The van der Waals surface area contributed by atoms with Crippen LogP contribution in [-0.4, -0.2) is 25.5 Å². The monoisotopic (exact) mass is 431 g/mol. The molecular weight excluding hydrogens is 410 g/mol. The van der Waals surface area contributed by atoms with Gasteiger partial charge in [0.15, 0.2) is 0 Å². The van der Waals surface area contributed by atoms with E-state index in [2.05, 4.69) is 39.8 Å². The summed E-state index contributed by atoms with van der Waals surface area (Å²) in [6, 6.07) is 18.1. The van der Waals surface area contributed by atoms with Gasteiger partial charge in [-0.3, -0.25) is 14.2 Å². The minimum atomic E-state index is -0.0100. The van der Waals surface area contributed by atoms with Gasteiger partial charge in [0.25, 0.3) is 0 Å². The van der Waals surface area contributed by atoms with E-state index in [4.69, 9.17) is 11.6 Å². The molecule has 1 saturated carbocycles. The molecule has 0 radical (unpaired) electrons. The van der Waals surface area contributed by atoms with Gasteiger partial charge in [0, 0.05) is 29.5 Å². The second-order valence-electron chi connectivity index (χ2n) is 7.94. The zero-order valence-electron chi connectivity index (χ0n) is 16.9. The standard InChI is InChI=1S/C24H22ClN5O/c25-20-4-1-3-19(11-20)22-12-23(22)24(31)28-21-13-27-30(16-21)15-18-7-5-17(6-8-18)14-29-10-2-9-26-29/h1-11,13,16,22-23H,12,14-15H2,(H,28,31)/t22-,23+/m0/s1. The maximum absolute atomic E-state index is 12.6. The van der Waals surface area contributed by atoms with Crippen LogP contribution in [0.5, 0.6) is 0 Å². The molecule has 0 saturated heterocycles. The Morgan fingerprint density at radius 3 is 2.52 bits per heavy atom. The van der Waals surface area contributed by atoms with E-state index in [1.54, 1.807) is 12.4 Å². The van der Waals surface area contributed by atoms with Crippen LogP contribution in [0.1, 0.15) is 29.0 Å². The molecule has 156 valence electrons. The van der Waals surface area contributed by atoms with Crippen molar-refractivity contribution in [1.82, 2.24) is 19.6 Å². The van der Waals surface area contributed by atoms with Crippen LogP contribution < -0.4 is 5.32 Å². The number of carbonyl (C=O) groups is 1. The summed E-state index contributed by atoms with van der Waals surface area (Å²) in [7, 11) is 0. The smallest absolute Gasteiger partial charge is 0.228 e. The molecule has 1 fully saturated rings. The van der Waals surface area contributed by atoms with Crippen molar-refractivity contribution in [2.24, 2.45) is 5.92 Å². The van der Waals surface area contributed by atoms with Crippen molar-refractivity contribution in [2.45, 2.75) is 25.4 Å². The van der Waals surface area contributed by atoms with E-state index in [0.29, 0.717) is 11.6 Å². The molecule has 1 N–H and O–H groups in total. The highest BCUT2D eigenvalue weighted by Crippen LogP contribution is 2.48. The fourth-order valence-corrected chi connectivity index (χ4v) is 4.06. The molecule has 1 amide bonds. The van der Waals surface area contributed by atoms with Crippen LogP contribution in [0.3, 0.4) is 0 Å². The second kappa shape index (κ2) is 8.40. The molecule has 0 aliphatic heterocycles. The maximum Gasteiger partial charge on any atom is 0.228 e. The minimum absolute atomic E-state index is 0.0100. The van der Waals surface area contributed by atoms with Crippen LogP contribution in [-0.2, 0) is 17.9 Å². The lowest BCUT2D eigenvalue weighted by atomic mass is 10.1. The van der Waals surface area contributed by atoms with Crippen molar-refractivity contribution in [3.05, 3.63) is 101 Å². The maximum atomic E-state index is 12.6. The second-order valence-corrected chi connectivity index (χ2v) is 8.38. The van der Waals surface area contributed by atoms with Gasteiger partial charge in [-0.05, 0) is 47.2 Å². The van der Waals surface area contributed by atoms with Crippen molar-refractivity contribution in [2.75, 3.05) is 5.32 Å². The summed E-state index contributed by atoms with van der Waals surface area (Å²) in [5.41, 5.74) is 4.18. The van der Waals surface area contributed by atoms with Crippen LogP contribution in [0.25, 0.3) is 0 Å². The first-order valence-corrected chi connectivity index (χ1v) is 10.7. The Kier molecular flexibility index (Phi) is 5.30. The first-order valence-electron chi connectivity index (χ1n) is 10.3. The molecule has 2 heterocycles. The molecule has 0 bridgehead atoms. The van der Waals surface area contributed by atoms with Crippen molar-refractivity contribution >= 4 is 23.2 Å². The number of benzene rings is 2. The molecule has 0 spiro atoms. The molecule has 6 nitrogen and oxygen atoms in total. The summed E-state index contributed by atoms with van der Waals surface area (Å²) in [5.74, 6) is 0.269. The van der Waals surface area contributed by atoms with Gasteiger partial charge in [-0.25, -0.2) is 0 Å². The number of anilines is 1. The largest absolute Gasteiger partial charge is 0.323 e. The average Bonchev–Trinajstić information content (AvgIpc) is 3.19. The third-order valence-electron chi connectivity index (χ3n) is 5.58. The summed E-state index contributed by atoms with van der Waals surface area (Å²) in [4.78, 5) is 12.6. The average molecular weight is 432 g/mol. The number of hydrogen-bond donors (Lipinski definition) is 1. The van der Waals surface area contributed by atoms with Crippen LogP contribution in [0.2, 0.25) is 5.02 Å². The molecule has 4 aromatic rings. The predicted molar refractivity (Wildman–Crippen MR) is 120 cm³/mol. The molecule has 5 rings (SSSR count). The first-order chi connectivity index (χ1) is 15.1. The Balaban J connectivity index is 1.16. The molecule has 2 atom stereocenters. The number of aromatic nitrogens is 4. The predicted octanol–water partition coefficient (Wildman–Crippen LogP) is 4.57. The zero-order chi connectivity index (χ0) is 21.2. The quantitative estimate of drug-likeness (QED) is 0.466. The summed E-state index contributed by atoms with van der Waals surface area (Å²) < 4.78 is 3.73. The van der Waals surface area contributed by atoms with Crippen LogP contribution >= 0.6 is 11.6 Å². The van der Waals surface area contributed by atoms with Crippen LogP contribution in [0.15, 0.2) is 79.4 Å². The Labute approximate surface area is 185 Å². The van der Waals surface area contributed by atoms with E-state index in [-0.39, 0.29) is 17.7 Å². The normalized spacial score (nSPS) is 17.5. The lowest BCUT2D eigenvalue weighted by Crippen LogP contribution is -2.14. The van der Waals surface area contributed by atoms with Gasteiger partial charge in [-0.2, -0.15) is 10.2 Å². The van der Waals surface area contributed by atoms with E-state index in [1.165, 1.54) is 5.56 Å². The van der Waals surface area contributed by atoms with Gasteiger partial charge < -0.3 is 5.32 Å². The molecule has 2 aromatic carbocycles. The van der Waals surface area contributed by atoms with E-state index < -0.39 is 0 Å². The Morgan fingerprint density at radius 1 is 1.03 bits per heavy atom. The number of nitrogens with one attached hydrogen (secondary N) is 1. The Morgan fingerprint density at radius 2 is 1.81 bits per heavy atom. The fourth-order valence-electron chi connectivity index (χ4n) is 3.86. The number of amides is 1. The highest BCUT2D eigenvalue weighted by Gasteiger charge is 2.44. The number of hydrogen-bond acceptors (Lipinski definition) is 3. The SMILES string of the molecule is O=C(Nc1cnn(Cc2ccc(Cn3cccn3)cc2)c1)[C@@H]1C[C@H]1c1cccc(Cl)c1. The minimum Gasteiger partial charge on any atom is -0.323 e. The number of carbonyl (C=O) groups excluding carboxylic acids is 1. The summed E-state index contributed by atoms with van der Waals surface area (Å²) >= 11 is 6.07. The molecule has 1 aliphatic rings. The van der Waals surface area contributed by atoms with Crippen LogP contribution in [0.4, 0.5) is 5.69 Å². The topological polar surface area (TPSA) is 64.7 Å². The molecule has 31 heavy (non-hydrogen) atoms. The van der Waals surface area contributed by atoms with Crippen LogP contribution in [0, 0.1) is 5.92 Å². The van der Waals surface area contributed by atoms with Crippen molar-refractivity contribution in [3.63, 3.8) is 0 Å². The molecule has 0 unspecified atom stereocenters. The van der Waals surface area contributed by atoms with E-state index in [1.807, 2.05) is 52.1 Å². The summed E-state index contributed by atoms with van der Waals surface area (Å²) in [5, 5.41) is 12.3. The number of nitrogens with zero attached hydrogens (tertiary/aromatic N) is 4. The van der Waals surface area contributed by atoms with Gasteiger partial charge in [0.2, 0.25) is 5.91 Å². The Hall–Kier alpha value is -3.38. The fraction of sp³-hybridized carbons (Fsp3) is 0.208. The van der Waals surface area contributed by atoms with Crippen molar-refractivity contribution in [3.8, 4) is 0 Å². The lowest BCUT2D eigenvalue weighted by molar-refractivity contribution is -0.117. The summed E-state index contributed by atoms with van der Waals surface area (Å²) in [6.45, 7) is 1.40. The molecule has 1 aliphatic carbocycles. The number of rotatable bonds is 7. The van der Waals surface area contributed by atoms with Gasteiger partial charge in [-0.1, -0.05) is 48.0 Å². The van der Waals surface area contributed by atoms with Crippen molar-refractivity contribution < 1.29 is 4.79 Å². The Bertz CT molecular complexity index is 1180. The molecule has 7 heteroatoms. The zero-order valence-corrected chi connectivity index (χ0v) is 17.6. The van der Waals surface area contributed by atoms with Gasteiger partial charge in [-0.15, -0.1) is 0 Å². The third kappa shape index (κ3) is 4.70. The molecule has 2 aromatic heterocycles. The number of halogens is 1. The van der Waals surface area contributed by atoms with E-state index in [9.17, 15) is 4.79 Å². The molecular formula is C24H22ClN5O. The third-order valence-corrected chi connectivity index (χ3v) is 5.81. The van der Waals surface area contributed by atoms with Gasteiger partial charge >= 0.3 is 0 Å². The highest BCUT2D eigenvalue weighted by atomic mass is 35.5.